The molecule has 7 nitrogen and oxygen atoms in total. The number of hydrogen-bond acceptors (Lipinski definition) is 7. The number of nitrogens with one attached hydrogen (secondary N) is 1. The van der Waals surface area contributed by atoms with Gasteiger partial charge in [-0.3, -0.25) is 4.57 Å². The van der Waals surface area contributed by atoms with E-state index in [4.69, 9.17) is 14.5 Å². The zero-order valence-corrected chi connectivity index (χ0v) is 16.2. The molecule has 142 valence electrons. The van der Waals surface area contributed by atoms with Gasteiger partial charge >= 0.3 is 0 Å². The van der Waals surface area contributed by atoms with Gasteiger partial charge in [-0.25, -0.2) is 9.97 Å². The molecule has 5 rings (SSSR count). The summed E-state index contributed by atoms with van der Waals surface area (Å²) in [6.07, 6.45) is 7.05. The van der Waals surface area contributed by atoms with Crippen LogP contribution in [0.3, 0.4) is 0 Å². The molecular formula is C19H16ClN5O2S. The Hall–Kier alpha value is -3.10. The van der Waals surface area contributed by atoms with Crippen LogP contribution in [0.2, 0.25) is 0 Å². The number of halogens is 1. The molecular weight excluding hydrogens is 398 g/mol. The monoisotopic (exact) mass is 413 g/mol. The lowest BCUT2D eigenvalue weighted by atomic mass is 10.2. The molecule has 4 aromatic rings. The normalized spacial score (nSPS) is 11.9. The number of thiophene rings is 1. The number of hydrogen-bond donors (Lipinski definition) is 1. The van der Waals surface area contributed by atoms with Crippen LogP contribution in [-0.4, -0.2) is 26.3 Å². The predicted molar refractivity (Wildman–Crippen MR) is 110 cm³/mol. The summed E-state index contributed by atoms with van der Waals surface area (Å²) in [5, 5.41) is 5.48. The van der Waals surface area contributed by atoms with Crippen LogP contribution in [0, 0.1) is 0 Å². The molecule has 0 atom stereocenters. The first kappa shape index (κ1) is 18.3. The third kappa shape index (κ3) is 3.51. The number of anilines is 1. The Kier molecular flexibility index (Phi) is 5.14. The molecule has 0 fully saturated rings. The fraction of sp³-hybridized carbons (Fsp3) is 0.105. The average Bonchev–Trinajstić information content (AvgIpc) is 3.48. The lowest BCUT2D eigenvalue weighted by Gasteiger charge is -2.12. The van der Waals surface area contributed by atoms with Crippen LogP contribution in [0.25, 0.3) is 16.4 Å². The molecule has 0 saturated carbocycles. The van der Waals surface area contributed by atoms with E-state index in [1.54, 1.807) is 28.4 Å². The van der Waals surface area contributed by atoms with Gasteiger partial charge in [0.1, 0.15) is 12.1 Å². The topological polar surface area (TPSA) is 74.1 Å². The van der Waals surface area contributed by atoms with E-state index in [1.165, 1.54) is 0 Å². The molecule has 9 heteroatoms. The van der Waals surface area contributed by atoms with Crippen LogP contribution in [0.15, 0.2) is 60.6 Å². The molecule has 0 radical (unpaired) electrons. The number of fused-ring (bicyclic) bond motifs is 1. The molecule has 0 bridgehead atoms. The lowest BCUT2D eigenvalue weighted by molar-refractivity contribution is 0.174. The van der Waals surface area contributed by atoms with Crippen molar-refractivity contribution in [3.8, 4) is 27.9 Å². The van der Waals surface area contributed by atoms with Crippen molar-refractivity contribution in [3.05, 3.63) is 66.2 Å². The van der Waals surface area contributed by atoms with Gasteiger partial charge < -0.3 is 14.8 Å². The maximum absolute atomic E-state index is 5.46. The summed E-state index contributed by atoms with van der Waals surface area (Å²) in [4.78, 5) is 14.4. The van der Waals surface area contributed by atoms with Crippen molar-refractivity contribution in [1.82, 2.24) is 19.5 Å². The highest BCUT2D eigenvalue weighted by atomic mass is 35.5. The Labute approximate surface area is 171 Å². The standard InChI is InChI=1S/C19H15N5O2S.ClH/c1-2-17(27-7-1)14-10-22-19(24-6-5-20-11-24)23-18(14)21-9-13-3-4-15-16(8-13)26-12-25-15;/h1-8,10-11H,9,12H2,(H,21,22,23);1H. The number of ether oxygens (including phenoxy) is 2. The molecule has 28 heavy (non-hydrogen) atoms. The molecule has 1 aliphatic rings. The summed E-state index contributed by atoms with van der Waals surface area (Å²) in [7, 11) is 0. The lowest BCUT2D eigenvalue weighted by Crippen LogP contribution is -2.07. The molecule has 4 heterocycles. The van der Waals surface area contributed by atoms with Gasteiger partial charge in [0.25, 0.3) is 0 Å². The van der Waals surface area contributed by atoms with Crippen molar-refractivity contribution in [3.63, 3.8) is 0 Å². The van der Waals surface area contributed by atoms with Crippen molar-refractivity contribution < 1.29 is 9.47 Å². The first-order valence-electron chi connectivity index (χ1n) is 8.38. The second-order valence-electron chi connectivity index (χ2n) is 5.92. The second-order valence-corrected chi connectivity index (χ2v) is 6.87. The quantitative estimate of drug-likeness (QED) is 0.529. The van der Waals surface area contributed by atoms with Crippen LogP contribution in [0.4, 0.5) is 5.82 Å². The maximum Gasteiger partial charge on any atom is 0.236 e. The minimum atomic E-state index is 0. The Bertz CT molecular complexity index is 1070. The fourth-order valence-electron chi connectivity index (χ4n) is 2.86. The third-order valence-corrected chi connectivity index (χ3v) is 5.10. The number of aromatic nitrogens is 4. The van der Waals surface area contributed by atoms with Crippen molar-refractivity contribution in [2.45, 2.75) is 6.54 Å². The van der Waals surface area contributed by atoms with Crippen LogP contribution >= 0.6 is 23.7 Å². The van der Waals surface area contributed by atoms with Crippen LogP contribution in [-0.2, 0) is 6.54 Å². The summed E-state index contributed by atoms with van der Waals surface area (Å²) in [6, 6.07) is 10.0. The van der Waals surface area contributed by atoms with Crippen LogP contribution < -0.4 is 14.8 Å². The number of rotatable bonds is 5. The van der Waals surface area contributed by atoms with Gasteiger partial charge in [-0.15, -0.1) is 23.7 Å². The summed E-state index contributed by atoms with van der Waals surface area (Å²) >= 11 is 1.66. The van der Waals surface area contributed by atoms with E-state index in [0.29, 0.717) is 12.5 Å². The number of benzene rings is 1. The van der Waals surface area contributed by atoms with Crippen molar-refractivity contribution in [2.75, 3.05) is 12.1 Å². The van der Waals surface area contributed by atoms with E-state index in [2.05, 4.69) is 21.4 Å². The van der Waals surface area contributed by atoms with Gasteiger partial charge in [-0.2, -0.15) is 4.98 Å². The van der Waals surface area contributed by atoms with Crippen molar-refractivity contribution >= 4 is 29.6 Å². The predicted octanol–water partition coefficient (Wildman–Crippen LogP) is 4.15. The first-order chi connectivity index (χ1) is 13.4. The zero-order chi connectivity index (χ0) is 18.1. The molecule has 1 aliphatic heterocycles. The van der Waals surface area contributed by atoms with Gasteiger partial charge in [0.2, 0.25) is 12.7 Å². The highest BCUT2D eigenvalue weighted by Crippen LogP contribution is 2.34. The minimum absolute atomic E-state index is 0. The maximum atomic E-state index is 5.46. The summed E-state index contributed by atoms with van der Waals surface area (Å²) < 4.78 is 12.6. The van der Waals surface area contributed by atoms with E-state index >= 15 is 0 Å². The Morgan fingerprint density at radius 1 is 1.18 bits per heavy atom. The van der Waals surface area contributed by atoms with Crippen LogP contribution in [0.5, 0.6) is 11.5 Å². The number of nitrogens with zero attached hydrogens (tertiary/aromatic N) is 4. The average molecular weight is 414 g/mol. The molecule has 0 amide bonds. The Balaban J connectivity index is 0.00000192. The van der Waals surface area contributed by atoms with Crippen molar-refractivity contribution in [1.29, 1.82) is 0 Å². The van der Waals surface area contributed by atoms with Gasteiger partial charge in [0, 0.05) is 30.0 Å². The Morgan fingerprint density at radius 3 is 2.93 bits per heavy atom. The van der Waals surface area contributed by atoms with Crippen LogP contribution in [0.1, 0.15) is 5.56 Å². The second kappa shape index (κ2) is 7.87. The van der Waals surface area contributed by atoms with E-state index in [0.717, 1.165) is 33.3 Å². The molecule has 0 spiro atoms. The number of imidazole rings is 1. The van der Waals surface area contributed by atoms with Gasteiger partial charge in [-0.1, -0.05) is 12.1 Å². The summed E-state index contributed by atoms with van der Waals surface area (Å²) in [5.41, 5.74) is 2.05. The first-order valence-corrected chi connectivity index (χ1v) is 9.26. The molecule has 0 aliphatic carbocycles. The third-order valence-electron chi connectivity index (χ3n) is 4.19. The highest BCUT2D eigenvalue weighted by molar-refractivity contribution is 7.13. The minimum Gasteiger partial charge on any atom is -0.454 e. The largest absolute Gasteiger partial charge is 0.454 e. The molecule has 1 N–H and O–H groups in total. The molecule has 3 aromatic heterocycles. The summed E-state index contributed by atoms with van der Waals surface area (Å²) in [5.74, 6) is 2.90. The Morgan fingerprint density at radius 2 is 2.11 bits per heavy atom. The zero-order valence-electron chi connectivity index (χ0n) is 14.6. The van der Waals surface area contributed by atoms with Crippen molar-refractivity contribution in [2.24, 2.45) is 0 Å². The van der Waals surface area contributed by atoms with Gasteiger partial charge in [-0.05, 0) is 29.1 Å². The molecule has 0 saturated heterocycles. The van der Waals surface area contributed by atoms with E-state index in [1.807, 2.05) is 42.0 Å². The molecule has 1 aromatic carbocycles. The molecule has 0 unspecified atom stereocenters. The smallest absolute Gasteiger partial charge is 0.236 e. The van der Waals surface area contributed by atoms with Gasteiger partial charge in [0.15, 0.2) is 11.5 Å². The highest BCUT2D eigenvalue weighted by Gasteiger charge is 2.15. The van der Waals surface area contributed by atoms with E-state index in [-0.39, 0.29) is 19.2 Å². The fourth-order valence-corrected chi connectivity index (χ4v) is 3.60. The van der Waals surface area contributed by atoms with E-state index in [9.17, 15) is 0 Å². The SMILES string of the molecule is Cl.c1csc(-c2cnc(-n3ccnc3)nc2NCc2ccc3c(c2)OCO3)c1. The van der Waals surface area contributed by atoms with Gasteiger partial charge in [0.05, 0.1) is 5.56 Å². The van der Waals surface area contributed by atoms with E-state index < -0.39 is 0 Å². The summed E-state index contributed by atoms with van der Waals surface area (Å²) in [6.45, 7) is 0.879.